The molecular formula is C17H19N3O4. The van der Waals surface area contributed by atoms with Crippen molar-refractivity contribution in [2.45, 2.75) is 25.0 Å². The van der Waals surface area contributed by atoms with Gasteiger partial charge in [0.15, 0.2) is 11.5 Å². The minimum absolute atomic E-state index is 0.0310. The number of fused-ring (bicyclic) bond motifs is 1. The molecule has 0 unspecified atom stereocenters. The van der Waals surface area contributed by atoms with Crippen LogP contribution >= 0.6 is 0 Å². The molecule has 0 bridgehead atoms. The lowest BCUT2D eigenvalue weighted by molar-refractivity contribution is -0.121. The summed E-state index contributed by atoms with van der Waals surface area (Å²) in [5.41, 5.74) is 1.87. The Labute approximate surface area is 139 Å². The number of carbonyl (C=O) groups excluding carboxylic acids is 1. The molecule has 0 saturated carbocycles. The SMILES string of the molecule is Cn1nccc1[C@H]1OCC[C@@H]1NC(=O)Cc1ccc2c(c1)OCO2. The van der Waals surface area contributed by atoms with E-state index in [0.717, 1.165) is 23.4 Å². The Hall–Kier alpha value is -2.54. The molecular weight excluding hydrogens is 310 g/mol. The third-order valence-electron chi connectivity index (χ3n) is 4.39. The van der Waals surface area contributed by atoms with Gasteiger partial charge in [0.25, 0.3) is 0 Å². The van der Waals surface area contributed by atoms with Gasteiger partial charge in [-0.2, -0.15) is 5.10 Å². The maximum absolute atomic E-state index is 12.4. The van der Waals surface area contributed by atoms with Crippen molar-refractivity contribution in [2.24, 2.45) is 7.05 Å². The molecule has 0 spiro atoms. The standard InChI is InChI=1S/C17H19N3O4/c1-20-13(4-6-18-20)17-12(5-7-22-17)19-16(21)9-11-2-3-14-15(8-11)24-10-23-14/h2-4,6,8,12,17H,5,7,9-10H2,1H3,(H,19,21)/t12-,17-/m0/s1. The average molecular weight is 329 g/mol. The number of nitrogens with zero attached hydrogens (tertiary/aromatic N) is 2. The van der Waals surface area contributed by atoms with E-state index in [1.54, 1.807) is 10.9 Å². The maximum Gasteiger partial charge on any atom is 0.231 e. The van der Waals surface area contributed by atoms with Crippen LogP contribution in [0.1, 0.15) is 23.8 Å². The maximum atomic E-state index is 12.4. The molecule has 1 N–H and O–H groups in total. The second-order valence-electron chi connectivity index (χ2n) is 6.00. The Kier molecular flexibility index (Phi) is 3.86. The molecule has 2 atom stereocenters. The Balaban J connectivity index is 1.41. The number of rotatable bonds is 4. The highest BCUT2D eigenvalue weighted by atomic mass is 16.7. The molecule has 2 aliphatic rings. The number of ether oxygens (including phenoxy) is 3. The summed E-state index contributed by atoms with van der Waals surface area (Å²) < 4.78 is 18.2. The van der Waals surface area contributed by atoms with E-state index in [-0.39, 0.29) is 24.8 Å². The second kappa shape index (κ2) is 6.16. The third kappa shape index (κ3) is 2.82. The summed E-state index contributed by atoms with van der Waals surface area (Å²) in [7, 11) is 1.88. The first-order valence-electron chi connectivity index (χ1n) is 7.98. The zero-order valence-corrected chi connectivity index (χ0v) is 13.4. The number of hydrogen-bond acceptors (Lipinski definition) is 5. The molecule has 1 amide bonds. The molecule has 2 aliphatic heterocycles. The molecule has 24 heavy (non-hydrogen) atoms. The summed E-state index contributed by atoms with van der Waals surface area (Å²) in [6, 6.07) is 7.46. The van der Waals surface area contributed by atoms with Gasteiger partial charge in [0.1, 0.15) is 6.10 Å². The third-order valence-corrected chi connectivity index (χ3v) is 4.39. The molecule has 7 heteroatoms. The van der Waals surface area contributed by atoms with Crippen molar-refractivity contribution < 1.29 is 19.0 Å². The van der Waals surface area contributed by atoms with E-state index in [1.165, 1.54) is 0 Å². The largest absolute Gasteiger partial charge is 0.454 e. The molecule has 2 aromatic rings. The molecule has 1 aromatic heterocycles. The van der Waals surface area contributed by atoms with E-state index in [2.05, 4.69) is 10.4 Å². The van der Waals surface area contributed by atoms with Gasteiger partial charge in [-0.15, -0.1) is 0 Å². The average Bonchev–Trinajstić information content (AvgIpc) is 3.27. The fraction of sp³-hybridized carbons (Fsp3) is 0.412. The second-order valence-corrected chi connectivity index (χ2v) is 6.00. The zero-order chi connectivity index (χ0) is 16.5. The Morgan fingerprint density at radius 1 is 1.33 bits per heavy atom. The van der Waals surface area contributed by atoms with Crippen LogP contribution in [0, 0.1) is 0 Å². The fourth-order valence-electron chi connectivity index (χ4n) is 3.19. The minimum atomic E-state index is -0.154. The van der Waals surface area contributed by atoms with Crippen LogP contribution in [0.5, 0.6) is 11.5 Å². The van der Waals surface area contributed by atoms with Crippen LogP contribution in [-0.2, 0) is 23.0 Å². The van der Waals surface area contributed by atoms with Gasteiger partial charge in [0, 0.05) is 19.9 Å². The highest BCUT2D eigenvalue weighted by molar-refractivity contribution is 5.79. The van der Waals surface area contributed by atoms with Crippen molar-refractivity contribution in [3.63, 3.8) is 0 Å². The van der Waals surface area contributed by atoms with Crippen LogP contribution in [0.15, 0.2) is 30.5 Å². The summed E-state index contributed by atoms with van der Waals surface area (Å²) in [6.07, 6.45) is 2.68. The van der Waals surface area contributed by atoms with E-state index in [4.69, 9.17) is 14.2 Å². The number of carbonyl (C=O) groups is 1. The van der Waals surface area contributed by atoms with Gasteiger partial charge < -0.3 is 19.5 Å². The molecule has 3 heterocycles. The molecule has 1 fully saturated rings. The summed E-state index contributed by atoms with van der Waals surface area (Å²) in [6.45, 7) is 0.863. The van der Waals surface area contributed by atoms with Gasteiger partial charge >= 0.3 is 0 Å². The van der Waals surface area contributed by atoms with Crippen molar-refractivity contribution in [3.05, 3.63) is 41.7 Å². The van der Waals surface area contributed by atoms with Crippen LogP contribution in [-0.4, -0.2) is 35.1 Å². The topological polar surface area (TPSA) is 74.6 Å². The van der Waals surface area contributed by atoms with Crippen molar-refractivity contribution in [1.29, 1.82) is 0 Å². The molecule has 4 rings (SSSR count). The van der Waals surface area contributed by atoms with Crippen molar-refractivity contribution in [2.75, 3.05) is 13.4 Å². The van der Waals surface area contributed by atoms with Crippen molar-refractivity contribution in [1.82, 2.24) is 15.1 Å². The van der Waals surface area contributed by atoms with Gasteiger partial charge in [-0.3, -0.25) is 9.48 Å². The first-order chi connectivity index (χ1) is 11.7. The molecule has 1 saturated heterocycles. The fourth-order valence-corrected chi connectivity index (χ4v) is 3.19. The number of amides is 1. The van der Waals surface area contributed by atoms with Crippen LogP contribution in [0.3, 0.4) is 0 Å². The van der Waals surface area contributed by atoms with Gasteiger partial charge in [-0.05, 0) is 30.2 Å². The molecule has 126 valence electrons. The van der Waals surface area contributed by atoms with Crippen LogP contribution in [0.4, 0.5) is 0 Å². The quantitative estimate of drug-likeness (QED) is 0.916. The first-order valence-corrected chi connectivity index (χ1v) is 7.98. The van der Waals surface area contributed by atoms with Gasteiger partial charge in [-0.25, -0.2) is 0 Å². The minimum Gasteiger partial charge on any atom is -0.454 e. The van der Waals surface area contributed by atoms with Crippen molar-refractivity contribution >= 4 is 5.91 Å². The lowest BCUT2D eigenvalue weighted by Gasteiger charge is -2.20. The van der Waals surface area contributed by atoms with E-state index >= 15 is 0 Å². The smallest absolute Gasteiger partial charge is 0.231 e. The van der Waals surface area contributed by atoms with E-state index in [1.807, 2.05) is 31.3 Å². The molecule has 0 aliphatic carbocycles. The van der Waals surface area contributed by atoms with Crippen molar-refractivity contribution in [3.8, 4) is 11.5 Å². The normalized spacial score (nSPS) is 21.9. The lowest BCUT2D eigenvalue weighted by Crippen LogP contribution is -2.38. The number of aryl methyl sites for hydroxylation is 1. The number of benzene rings is 1. The molecule has 0 radical (unpaired) electrons. The predicted octanol–water partition coefficient (Wildman–Crippen LogP) is 1.34. The first kappa shape index (κ1) is 15.0. The summed E-state index contributed by atoms with van der Waals surface area (Å²) in [5, 5.41) is 7.26. The Morgan fingerprint density at radius 3 is 3.04 bits per heavy atom. The van der Waals surface area contributed by atoms with Gasteiger partial charge in [0.05, 0.1) is 18.2 Å². The zero-order valence-electron chi connectivity index (χ0n) is 13.4. The van der Waals surface area contributed by atoms with Crippen LogP contribution in [0.25, 0.3) is 0 Å². The number of nitrogens with one attached hydrogen (secondary N) is 1. The predicted molar refractivity (Wildman–Crippen MR) is 84.7 cm³/mol. The highest BCUT2D eigenvalue weighted by Gasteiger charge is 2.32. The van der Waals surface area contributed by atoms with Crippen LogP contribution < -0.4 is 14.8 Å². The molecule has 7 nitrogen and oxygen atoms in total. The van der Waals surface area contributed by atoms with E-state index in [9.17, 15) is 4.79 Å². The Bertz CT molecular complexity index is 758. The van der Waals surface area contributed by atoms with Gasteiger partial charge in [-0.1, -0.05) is 6.07 Å². The highest BCUT2D eigenvalue weighted by Crippen LogP contribution is 2.33. The molecule has 1 aromatic carbocycles. The Morgan fingerprint density at radius 2 is 2.21 bits per heavy atom. The lowest BCUT2D eigenvalue weighted by atomic mass is 10.1. The monoisotopic (exact) mass is 329 g/mol. The van der Waals surface area contributed by atoms with Crippen LogP contribution in [0.2, 0.25) is 0 Å². The number of aromatic nitrogens is 2. The van der Waals surface area contributed by atoms with E-state index < -0.39 is 0 Å². The summed E-state index contributed by atoms with van der Waals surface area (Å²) in [5.74, 6) is 1.38. The van der Waals surface area contributed by atoms with E-state index in [0.29, 0.717) is 18.8 Å². The summed E-state index contributed by atoms with van der Waals surface area (Å²) >= 11 is 0. The van der Waals surface area contributed by atoms with Gasteiger partial charge in [0.2, 0.25) is 12.7 Å². The number of hydrogen-bond donors (Lipinski definition) is 1. The summed E-state index contributed by atoms with van der Waals surface area (Å²) in [4.78, 5) is 12.4.